The molecule has 1 aromatic heterocycles. The van der Waals surface area contributed by atoms with Crippen molar-refractivity contribution in [3.63, 3.8) is 0 Å². The van der Waals surface area contributed by atoms with Gasteiger partial charge in [-0.2, -0.15) is 0 Å². The molecular weight excluding hydrogens is 256 g/mol. The van der Waals surface area contributed by atoms with E-state index in [1.807, 2.05) is 10.8 Å². The molecule has 0 unspecified atom stereocenters. The van der Waals surface area contributed by atoms with Crippen molar-refractivity contribution in [3.05, 3.63) is 58.3 Å². The Morgan fingerprint density at radius 3 is 1.84 bits per heavy atom. The predicted octanol–water partition coefficient (Wildman–Crippen LogP) is 4.37. The molecule has 0 saturated carbocycles. The van der Waals surface area contributed by atoms with Crippen LogP contribution in [0.15, 0.2) is 47.2 Å². The van der Waals surface area contributed by atoms with Crippen LogP contribution in [-0.4, -0.2) is 0 Å². The maximum atomic E-state index is 5.83. The molecule has 1 aliphatic heterocycles. The highest BCUT2D eigenvalue weighted by Crippen LogP contribution is 2.35. The lowest BCUT2D eigenvalue weighted by Gasteiger charge is -2.17. The molecule has 0 saturated heterocycles. The van der Waals surface area contributed by atoms with E-state index in [0.29, 0.717) is 13.2 Å². The van der Waals surface area contributed by atoms with E-state index in [0.717, 1.165) is 11.5 Å². The standard InChI is InChI=1S/C16H12O2S/c1-2-4-12-6-14-8-18-16-10-19-9-15(16)17-7-13(14)5-11(12)3-1/h1-6,9-10H,7-8H2. The van der Waals surface area contributed by atoms with Crippen LogP contribution in [0.1, 0.15) is 11.1 Å². The van der Waals surface area contributed by atoms with Gasteiger partial charge in [-0.05, 0) is 34.0 Å². The van der Waals surface area contributed by atoms with Gasteiger partial charge in [0.2, 0.25) is 0 Å². The number of rotatable bonds is 0. The molecule has 0 atom stereocenters. The van der Waals surface area contributed by atoms with Crippen molar-refractivity contribution in [2.45, 2.75) is 13.2 Å². The second kappa shape index (κ2) is 4.28. The fraction of sp³-hybridized carbons (Fsp3) is 0.125. The molecule has 0 spiro atoms. The maximum absolute atomic E-state index is 5.83. The number of hydrogen-bond acceptors (Lipinski definition) is 3. The molecule has 2 nitrogen and oxygen atoms in total. The van der Waals surface area contributed by atoms with Gasteiger partial charge in [-0.15, -0.1) is 11.3 Å². The summed E-state index contributed by atoms with van der Waals surface area (Å²) in [6, 6.07) is 12.8. The quantitative estimate of drug-likeness (QED) is 0.602. The lowest BCUT2D eigenvalue weighted by molar-refractivity contribution is 0.240. The average Bonchev–Trinajstić information content (AvgIpc) is 2.87. The van der Waals surface area contributed by atoms with Gasteiger partial charge < -0.3 is 9.47 Å². The first-order valence-corrected chi connectivity index (χ1v) is 7.17. The normalized spacial score (nSPS) is 13.7. The highest BCUT2D eigenvalue weighted by molar-refractivity contribution is 7.08. The molecule has 19 heavy (non-hydrogen) atoms. The fourth-order valence-corrected chi connectivity index (χ4v) is 3.08. The maximum Gasteiger partial charge on any atom is 0.172 e. The first-order chi connectivity index (χ1) is 9.40. The third-order valence-electron chi connectivity index (χ3n) is 3.43. The molecule has 3 heteroatoms. The Hall–Kier alpha value is -2.00. The Bertz CT molecular complexity index is 684. The van der Waals surface area contributed by atoms with Crippen molar-refractivity contribution >= 4 is 22.1 Å². The highest BCUT2D eigenvalue weighted by atomic mass is 32.1. The number of benzene rings is 2. The largest absolute Gasteiger partial charge is 0.484 e. The number of fused-ring (bicyclic) bond motifs is 3. The minimum absolute atomic E-state index is 0.604. The molecular formula is C16H12O2S. The van der Waals surface area contributed by atoms with E-state index in [1.165, 1.54) is 21.9 Å². The number of hydrogen-bond donors (Lipinski definition) is 0. The van der Waals surface area contributed by atoms with E-state index in [4.69, 9.17) is 9.47 Å². The van der Waals surface area contributed by atoms with E-state index >= 15 is 0 Å². The van der Waals surface area contributed by atoms with Gasteiger partial charge in [0, 0.05) is 10.8 Å². The molecule has 94 valence electrons. The Balaban J connectivity index is 1.81. The van der Waals surface area contributed by atoms with Crippen LogP contribution in [0.25, 0.3) is 10.8 Å². The number of thiophene rings is 1. The van der Waals surface area contributed by atoms with E-state index in [2.05, 4.69) is 36.4 Å². The Labute approximate surface area is 115 Å². The van der Waals surface area contributed by atoms with Gasteiger partial charge in [0.25, 0.3) is 0 Å². The van der Waals surface area contributed by atoms with Gasteiger partial charge in [0.1, 0.15) is 13.2 Å². The van der Waals surface area contributed by atoms with Crippen LogP contribution in [0.2, 0.25) is 0 Å². The zero-order chi connectivity index (χ0) is 12.7. The Kier molecular flexibility index (Phi) is 2.45. The third kappa shape index (κ3) is 1.87. The Morgan fingerprint density at radius 1 is 0.789 bits per heavy atom. The molecule has 2 heterocycles. The number of ether oxygens (including phenoxy) is 2. The molecule has 0 aliphatic carbocycles. The molecule has 0 fully saturated rings. The molecule has 0 bridgehead atoms. The van der Waals surface area contributed by atoms with Crippen molar-refractivity contribution in [3.8, 4) is 11.5 Å². The van der Waals surface area contributed by atoms with Crippen LogP contribution in [0.4, 0.5) is 0 Å². The van der Waals surface area contributed by atoms with Crippen molar-refractivity contribution < 1.29 is 9.47 Å². The van der Waals surface area contributed by atoms with Crippen LogP contribution in [0, 0.1) is 0 Å². The van der Waals surface area contributed by atoms with Gasteiger partial charge >= 0.3 is 0 Å². The van der Waals surface area contributed by atoms with E-state index in [1.54, 1.807) is 11.3 Å². The summed E-state index contributed by atoms with van der Waals surface area (Å²) in [7, 11) is 0. The summed E-state index contributed by atoms with van der Waals surface area (Å²) >= 11 is 1.61. The summed E-state index contributed by atoms with van der Waals surface area (Å²) in [4.78, 5) is 0. The minimum atomic E-state index is 0.604. The molecule has 3 aromatic rings. The summed E-state index contributed by atoms with van der Waals surface area (Å²) in [5.74, 6) is 1.70. The summed E-state index contributed by atoms with van der Waals surface area (Å²) in [5, 5.41) is 6.47. The SMILES string of the molecule is c1ccc2cc3c(cc2c1)COc1cscc1OC3. The molecule has 0 radical (unpaired) electrons. The monoisotopic (exact) mass is 268 g/mol. The van der Waals surface area contributed by atoms with E-state index in [-0.39, 0.29) is 0 Å². The molecule has 0 amide bonds. The first kappa shape index (κ1) is 10.9. The lowest BCUT2D eigenvalue weighted by atomic mass is 10.0. The van der Waals surface area contributed by atoms with Crippen molar-refractivity contribution in [1.29, 1.82) is 0 Å². The van der Waals surface area contributed by atoms with Crippen molar-refractivity contribution in [1.82, 2.24) is 0 Å². The van der Waals surface area contributed by atoms with Crippen LogP contribution >= 0.6 is 11.3 Å². The summed E-state index contributed by atoms with van der Waals surface area (Å²) in [5.41, 5.74) is 2.41. The van der Waals surface area contributed by atoms with E-state index < -0.39 is 0 Å². The summed E-state index contributed by atoms with van der Waals surface area (Å²) < 4.78 is 11.7. The van der Waals surface area contributed by atoms with Gasteiger partial charge in [-0.25, -0.2) is 0 Å². The average molecular weight is 268 g/mol. The van der Waals surface area contributed by atoms with Gasteiger partial charge in [-0.3, -0.25) is 0 Å². The molecule has 1 aliphatic rings. The van der Waals surface area contributed by atoms with Crippen LogP contribution in [0.3, 0.4) is 0 Å². The first-order valence-electron chi connectivity index (χ1n) is 6.22. The smallest absolute Gasteiger partial charge is 0.172 e. The lowest BCUT2D eigenvalue weighted by Crippen LogP contribution is -2.07. The van der Waals surface area contributed by atoms with Gasteiger partial charge in [-0.1, -0.05) is 24.3 Å². The minimum Gasteiger partial charge on any atom is -0.484 e. The molecule has 4 rings (SSSR count). The van der Waals surface area contributed by atoms with Gasteiger partial charge in [0.05, 0.1) is 0 Å². The fourth-order valence-electron chi connectivity index (χ4n) is 2.40. The molecule has 0 N–H and O–H groups in total. The zero-order valence-electron chi connectivity index (χ0n) is 10.3. The third-order valence-corrected chi connectivity index (χ3v) is 4.13. The predicted molar refractivity (Wildman–Crippen MR) is 76.9 cm³/mol. The second-order valence-corrected chi connectivity index (χ2v) is 5.39. The van der Waals surface area contributed by atoms with Gasteiger partial charge in [0.15, 0.2) is 11.5 Å². The topological polar surface area (TPSA) is 18.5 Å². The van der Waals surface area contributed by atoms with Crippen LogP contribution < -0.4 is 9.47 Å². The van der Waals surface area contributed by atoms with Crippen LogP contribution in [-0.2, 0) is 13.2 Å². The summed E-state index contributed by atoms with van der Waals surface area (Å²) in [6.45, 7) is 1.21. The van der Waals surface area contributed by atoms with Crippen molar-refractivity contribution in [2.24, 2.45) is 0 Å². The van der Waals surface area contributed by atoms with Crippen molar-refractivity contribution in [2.75, 3.05) is 0 Å². The van der Waals surface area contributed by atoms with E-state index in [9.17, 15) is 0 Å². The second-order valence-electron chi connectivity index (χ2n) is 4.65. The highest BCUT2D eigenvalue weighted by Gasteiger charge is 2.14. The Morgan fingerprint density at radius 2 is 1.32 bits per heavy atom. The van der Waals surface area contributed by atoms with Crippen LogP contribution in [0.5, 0.6) is 11.5 Å². The molecule has 2 aromatic carbocycles. The summed E-state index contributed by atoms with van der Waals surface area (Å²) in [6.07, 6.45) is 0. The zero-order valence-corrected chi connectivity index (χ0v) is 11.1.